The molecule has 1 unspecified atom stereocenters. The van der Waals surface area contributed by atoms with Gasteiger partial charge in [-0.25, -0.2) is 12.8 Å². The van der Waals surface area contributed by atoms with Gasteiger partial charge in [-0.2, -0.15) is 0 Å². The van der Waals surface area contributed by atoms with E-state index in [0.29, 0.717) is 10.7 Å². The summed E-state index contributed by atoms with van der Waals surface area (Å²) >= 11 is 11.8. The number of para-hydroxylation sites is 1. The van der Waals surface area contributed by atoms with Crippen LogP contribution in [-0.4, -0.2) is 26.6 Å². The van der Waals surface area contributed by atoms with Gasteiger partial charge in [0.2, 0.25) is 15.9 Å². The summed E-state index contributed by atoms with van der Waals surface area (Å²) in [5.74, 6) is -1.35. The molecule has 0 saturated carbocycles. The predicted molar refractivity (Wildman–Crippen MR) is 103 cm³/mol. The molecule has 0 aliphatic heterocycles. The van der Waals surface area contributed by atoms with Gasteiger partial charge in [-0.15, -0.1) is 0 Å². The molecule has 5 nitrogen and oxygen atoms in total. The molecule has 2 aromatic rings. The maximum absolute atomic E-state index is 14.2. The molecule has 26 heavy (non-hydrogen) atoms. The van der Waals surface area contributed by atoms with Crippen molar-refractivity contribution in [1.29, 1.82) is 0 Å². The Morgan fingerprint density at radius 3 is 2.38 bits per heavy atom. The Hall–Kier alpha value is -1.83. The number of hydrogen-bond donors (Lipinski definition) is 1. The summed E-state index contributed by atoms with van der Waals surface area (Å²) in [6.45, 7) is 1.64. The number of rotatable bonds is 6. The smallest absolute Gasteiger partial charge is 0.248 e. The highest BCUT2D eigenvalue weighted by Gasteiger charge is 2.33. The van der Waals surface area contributed by atoms with E-state index < -0.39 is 27.8 Å². The van der Waals surface area contributed by atoms with Gasteiger partial charge in [-0.1, -0.05) is 42.3 Å². The van der Waals surface area contributed by atoms with Crippen LogP contribution in [0.5, 0.6) is 0 Å². The summed E-state index contributed by atoms with van der Waals surface area (Å²) in [5.41, 5.74) is 0.163. The van der Waals surface area contributed by atoms with Crippen LogP contribution in [0.15, 0.2) is 42.5 Å². The number of hydrogen-bond acceptors (Lipinski definition) is 3. The number of amides is 1. The fourth-order valence-electron chi connectivity index (χ4n) is 2.47. The van der Waals surface area contributed by atoms with Crippen molar-refractivity contribution in [3.05, 3.63) is 58.3 Å². The molecule has 0 saturated heterocycles. The Morgan fingerprint density at radius 2 is 1.85 bits per heavy atom. The Bertz CT molecular complexity index is 922. The van der Waals surface area contributed by atoms with E-state index in [1.807, 2.05) is 0 Å². The Kier molecular flexibility index (Phi) is 6.49. The van der Waals surface area contributed by atoms with Gasteiger partial charge >= 0.3 is 0 Å². The van der Waals surface area contributed by atoms with Gasteiger partial charge in [0.25, 0.3) is 0 Å². The maximum atomic E-state index is 14.2. The van der Waals surface area contributed by atoms with Crippen molar-refractivity contribution in [3.63, 3.8) is 0 Å². The molecule has 0 spiro atoms. The van der Waals surface area contributed by atoms with Crippen molar-refractivity contribution in [2.24, 2.45) is 0 Å². The van der Waals surface area contributed by atoms with Gasteiger partial charge < -0.3 is 5.32 Å². The lowest BCUT2D eigenvalue weighted by molar-refractivity contribution is -0.117. The van der Waals surface area contributed by atoms with E-state index in [1.165, 1.54) is 36.4 Å². The second-order valence-corrected chi connectivity index (χ2v) is 8.23. The first kappa shape index (κ1) is 20.5. The van der Waals surface area contributed by atoms with E-state index in [9.17, 15) is 17.6 Å². The number of nitrogens with one attached hydrogen (secondary N) is 1. The molecule has 0 heterocycles. The molecule has 1 atom stereocenters. The summed E-state index contributed by atoms with van der Waals surface area (Å²) in [4.78, 5) is 12.7. The number of anilines is 2. The quantitative estimate of drug-likeness (QED) is 0.759. The average molecular weight is 419 g/mol. The third-order valence-electron chi connectivity index (χ3n) is 3.61. The number of carbonyl (C=O) groups excluding carboxylic acids is 1. The van der Waals surface area contributed by atoms with Crippen LogP contribution < -0.4 is 9.62 Å². The van der Waals surface area contributed by atoms with E-state index in [4.69, 9.17) is 23.2 Å². The highest BCUT2D eigenvalue weighted by Crippen LogP contribution is 2.28. The SMILES string of the molecule is CCC(C(=O)Nc1ccc(Cl)c(Cl)c1)N(c1ccccc1F)S(C)(=O)=O. The monoisotopic (exact) mass is 418 g/mol. The number of halogens is 3. The summed E-state index contributed by atoms with van der Waals surface area (Å²) in [6, 6.07) is 8.73. The van der Waals surface area contributed by atoms with Gasteiger partial charge in [0.15, 0.2) is 0 Å². The molecule has 140 valence electrons. The highest BCUT2D eigenvalue weighted by atomic mass is 35.5. The Labute approximate surface area is 161 Å². The molecule has 0 aliphatic carbocycles. The zero-order valence-corrected chi connectivity index (χ0v) is 16.4. The first-order valence-electron chi connectivity index (χ1n) is 7.65. The largest absolute Gasteiger partial charge is 0.324 e. The van der Waals surface area contributed by atoms with Crippen LogP contribution in [0.1, 0.15) is 13.3 Å². The molecule has 1 amide bonds. The lowest BCUT2D eigenvalue weighted by Crippen LogP contribution is -2.47. The first-order chi connectivity index (χ1) is 12.1. The zero-order chi connectivity index (χ0) is 19.5. The van der Waals surface area contributed by atoms with Crippen molar-refractivity contribution in [3.8, 4) is 0 Å². The fourth-order valence-corrected chi connectivity index (χ4v) is 3.98. The normalized spacial score (nSPS) is 12.5. The number of carbonyl (C=O) groups is 1. The first-order valence-corrected chi connectivity index (χ1v) is 10.3. The van der Waals surface area contributed by atoms with E-state index >= 15 is 0 Å². The van der Waals surface area contributed by atoms with Crippen LogP contribution >= 0.6 is 23.2 Å². The summed E-state index contributed by atoms with van der Waals surface area (Å²) in [7, 11) is -3.92. The van der Waals surface area contributed by atoms with Crippen molar-refractivity contribution in [2.45, 2.75) is 19.4 Å². The standard InChI is InChI=1S/C17H17Cl2FN2O3S/c1-3-15(17(23)21-11-8-9-12(18)13(19)10-11)22(26(2,24)25)16-7-5-4-6-14(16)20/h4-10,15H,3H2,1-2H3,(H,21,23). The molecular formula is C17H17Cl2FN2O3S. The van der Waals surface area contributed by atoms with Crippen LogP contribution in [-0.2, 0) is 14.8 Å². The lowest BCUT2D eigenvalue weighted by atomic mass is 10.1. The van der Waals surface area contributed by atoms with Crippen LogP contribution in [0.4, 0.5) is 15.8 Å². The zero-order valence-electron chi connectivity index (χ0n) is 14.0. The summed E-state index contributed by atoms with van der Waals surface area (Å²) < 4.78 is 39.5. The third kappa shape index (κ3) is 4.66. The molecule has 0 radical (unpaired) electrons. The van der Waals surface area contributed by atoms with Gasteiger partial charge in [0, 0.05) is 5.69 Å². The molecule has 0 fully saturated rings. The molecule has 2 aromatic carbocycles. The van der Waals surface area contributed by atoms with Gasteiger partial charge in [-0.05, 0) is 36.8 Å². The average Bonchev–Trinajstić information content (AvgIpc) is 2.55. The highest BCUT2D eigenvalue weighted by molar-refractivity contribution is 7.92. The third-order valence-corrected chi connectivity index (χ3v) is 5.51. The molecule has 0 bridgehead atoms. The van der Waals surface area contributed by atoms with E-state index in [2.05, 4.69) is 5.32 Å². The van der Waals surface area contributed by atoms with Crippen molar-refractivity contribution < 1.29 is 17.6 Å². The van der Waals surface area contributed by atoms with E-state index in [1.54, 1.807) is 6.92 Å². The van der Waals surface area contributed by atoms with Gasteiger partial charge in [0.1, 0.15) is 11.9 Å². The minimum Gasteiger partial charge on any atom is -0.324 e. The van der Waals surface area contributed by atoms with Crippen LogP contribution in [0.2, 0.25) is 10.0 Å². The second kappa shape index (κ2) is 8.24. The van der Waals surface area contributed by atoms with Gasteiger partial charge in [-0.3, -0.25) is 9.10 Å². The van der Waals surface area contributed by atoms with Crippen molar-refractivity contribution >= 4 is 50.5 Å². The maximum Gasteiger partial charge on any atom is 0.248 e. The van der Waals surface area contributed by atoms with Crippen molar-refractivity contribution in [2.75, 3.05) is 15.9 Å². The molecular weight excluding hydrogens is 402 g/mol. The van der Waals surface area contributed by atoms with Crippen LogP contribution in [0.25, 0.3) is 0 Å². The van der Waals surface area contributed by atoms with Crippen LogP contribution in [0.3, 0.4) is 0 Å². The number of sulfonamides is 1. The van der Waals surface area contributed by atoms with E-state index in [-0.39, 0.29) is 17.1 Å². The molecule has 0 aliphatic rings. The molecule has 9 heteroatoms. The van der Waals surface area contributed by atoms with Crippen LogP contribution in [0, 0.1) is 5.82 Å². The molecule has 1 N–H and O–H groups in total. The van der Waals surface area contributed by atoms with Gasteiger partial charge in [0.05, 0.1) is 22.0 Å². The predicted octanol–water partition coefficient (Wildman–Crippen LogP) is 4.32. The molecule has 2 rings (SSSR count). The Balaban J connectivity index is 2.40. The second-order valence-electron chi connectivity index (χ2n) is 5.55. The topological polar surface area (TPSA) is 66.5 Å². The minimum atomic E-state index is -3.92. The Morgan fingerprint density at radius 1 is 1.19 bits per heavy atom. The summed E-state index contributed by atoms with van der Waals surface area (Å²) in [6.07, 6.45) is 1.06. The number of benzene rings is 2. The lowest BCUT2D eigenvalue weighted by Gasteiger charge is -2.30. The number of nitrogens with zero attached hydrogens (tertiary/aromatic N) is 1. The molecule has 0 aromatic heterocycles. The summed E-state index contributed by atoms with van der Waals surface area (Å²) in [5, 5.41) is 3.15. The fraction of sp³-hybridized carbons (Fsp3) is 0.235. The minimum absolute atomic E-state index is 0.133. The van der Waals surface area contributed by atoms with Crippen molar-refractivity contribution in [1.82, 2.24) is 0 Å². The van der Waals surface area contributed by atoms with E-state index in [0.717, 1.165) is 16.6 Å².